The van der Waals surface area contributed by atoms with Crippen molar-refractivity contribution in [2.75, 3.05) is 32.1 Å². The molecule has 4 rings (SSSR count). The molecule has 0 radical (unpaired) electrons. The van der Waals surface area contributed by atoms with Gasteiger partial charge in [0.05, 0.1) is 37.2 Å². The highest BCUT2D eigenvalue weighted by Crippen LogP contribution is 2.31. The molecule has 0 saturated heterocycles. The van der Waals surface area contributed by atoms with Crippen LogP contribution in [-0.2, 0) is 0 Å². The van der Waals surface area contributed by atoms with Gasteiger partial charge in [-0.2, -0.15) is 0 Å². The number of fused-ring (bicyclic) bond motifs is 1. The molecule has 7 heteroatoms. The Balaban J connectivity index is 1.68. The number of benzodiazepines with no additional fused rings is 1. The number of carbonyl (C=O) groups excluding carboxylic acids is 1. The lowest BCUT2D eigenvalue weighted by Gasteiger charge is -2.29. The number of nitrogens with one attached hydrogen (secondary N) is 1. The lowest BCUT2D eigenvalue weighted by atomic mass is 9.99. The number of hydrogen-bond acceptors (Lipinski definition) is 5. The second kappa shape index (κ2) is 8.41. The van der Waals surface area contributed by atoms with Gasteiger partial charge in [-0.05, 0) is 30.3 Å². The highest BCUT2D eigenvalue weighted by Gasteiger charge is 2.26. The number of furan rings is 1. The summed E-state index contributed by atoms with van der Waals surface area (Å²) in [6.07, 6.45) is 2.86. The molecule has 1 aliphatic heterocycles. The van der Waals surface area contributed by atoms with Crippen LogP contribution in [0.1, 0.15) is 21.5 Å². The van der Waals surface area contributed by atoms with E-state index in [-0.39, 0.29) is 17.8 Å². The second-order valence-corrected chi connectivity index (χ2v) is 7.04. The van der Waals surface area contributed by atoms with Crippen LogP contribution in [0.15, 0.2) is 70.5 Å². The summed E-state index contributed by atoms with van der Waals surface area (Å²) in [6, 6.07) is 13.7. The first-order chi connectivity index (χ1) is 14.6. The summed E-state index contributed by atoms with van der Waals surface area (Å²) < 4.78 is 24.9. The molecule has 154 valence electrons. The molecule has 3 aromatic rings. The molecule has 0 bridgehead atoms. The minimum atomic E-state index is -0.326. The van der Waals surface area contributed by atoms with Crippen molar-refractivity contribution in [2.45, 2.75) is 6.04 Å². The molecule has 1 unspecified atom stereocenters. The highest BCUT2D eigenvalue weighted by atomic mass is 19.1. The molecule has 1 atom stereocenters. The van der Waals surface area contributed by atoms with E-state index in [1.165, 1.54) is 18.6 Å². The molecule has 1 aromatic heterocycles. The van der Waals surface area contributed by atoms with Gasteiger partial charge in [0.2, 0.25) is 0 Å². The van der Waals surface area contributed by atoms with Crippen LogP contribution in [0.3, 0.4) is 0 Å². The van der Waals surface area contributed by atoms with Gasteiger partial charge in [-0.15, -0.1) is 0 Å². The van der Waals surface area contributed by atoms with Crippen LogP contribution in [0.25, 0.3) is 0 Å². The minimum Gasteiger partial charge on any atom is -0.497 e. The van der Waals surface area contributed by atoms with E-state index in [0.29, 0.717) is 35.7 Å². The number of amides is 1. The van der Waals surface area contributed by atoms with Crippen molar-refractivity contribution in [2.24, 2.45) is 4.99 Å². The van der Waals surface area contributed by atoms with Gasteiger partial charge in [0, 0.05) is 36.5 Å². The third-order valence-corrected chi connectivity index (χ3v) is 5.26. The van der Waals surface area contributed by atoms with Crippen molar-refractivity contribution in [3.05, 3.63) is 83.6 Å². The maximum absolute atomic E-state index is 14.6. The zero-order chi connectivity index (χ0) is 21.1. The summed E-state index contributed by atoms with van der Waals surface area (Å²) in [4.78, 5) is 19.1. The fraction of sp³-hybridized carbons (Fsp3) is 0.217. The van der Waals surface area contributed by atoms with Crippen molar-refractivity contribution < 1.29 is 18.3 Å². The Morgan fingerprint density at radius 1 is 1.27 bits per heavy atom. The van der Waals surface area contributed by atoms with Crippen LogP contribution in [0, 0.1) is 5.82 Å². The molecule has 0 fully saturated rings. The lowest BCUT2D eigenvalue weighted by molar-refractivity contribution is 0.0951. The van der Waals surface area contributed by atoms with E-state index < -0.39 is 0 Å². The van der Waals surface area contributed by atoms with Gasteiger partial charge in [0.1, 0.15) is 17.8 Å². The quantitative estimate of drug-likeness (QED) is 0.703. The Hall–Kier alpha value is -3.61. The number of nitrogens with zero attached hydrogens (tertiary/aromatic N) is 2. The van der Waals surface area contributed by atoms with Crippen LogP contribution >= 0.6 is 0 Å². The Labute approximate surface area is 174 Å². The fourth-order valence-electron chi connectivity index (χ4n) is 3.52. The predicted octanol–water partition coefficient (Wildman–Crippen LogP) is 3.51. The summed E-state index contributed by atoms with van der Waals surface area (Å²) in [5, 5.41) is 2.92. The van der Waals surface area contributed by atoms with E-state index in [9.17, 15) is 9.18 Å². The van der Waals surface area contributed by atoms with Crippen LogP contribution in [0.5, 0.6) is 5.75 Å². The average molecular weight is 407 g/mol. The molecule has 1 N–H and O–H groups in total. The first-order valence-corrected chi connectivity index (χ1v) is 9.59. The van der Waals surface area contributed by atoms with Gasteiger partial charge < -0.3 is 19.4 Å². The number of benzene rings is 2. The number of ether oxygens (including phenoxy) is 1. The van der Waals surface area contributed by atoms with Crippen LogP contribution in [0.2, 0.25) is 0 Å². The average Bonchev–Trinajstić information content (AvgIpc) is 3.27. The molecule has 0 aliphatic carbocycles. The summed E-state index contributed by atoms with van der Waals surface area (Å²) in [5.74, 6) is 0.148. The van der Waals surface area contributed by atoms with E-state index >= 15 is 0 Å². The van der Waals surface area contributed by atoms with Crippen molar-refractivity contribution in [3.63, 3.8) is 0 Å². The smallest absolute Gasteiger partial charge is 0.254 e. The van der Waals surface area contributed by atoms with Gasteiger partial charge in [-0.1, -0.05) is 12.1 Å². The third kappa shape index (κ3) is 3.78. The summed E-state index contributed by atoms with van der Waals surface area (Å²) in [6.45, 7) is 0.758. The molecule has 2 aromatic carbocycles. The maximum atomic E-state index is 14.6. The number of rotatable bonds is 5. The Morgan fingerprint density at radius 3 is 2.83 bits per heavy atom. The second-order valence-electron chi connectivity index (χ2n) is 7.04. The maximum Gasteiger partial charge on any atom is 0.254 e. The standard InChI is InChI=1S/C23H22FN3O3/c1-27-16(13-26-23(28)15-9-10-30-14-15)12-25-22(18-5-3-4-6-20(18)24)19-8-7-17(29-2)11-21(19)27/h3-11,14,16H,12-13H2,1-2H3,(H,26,28). The van der Waals surface area contributed by atoms with Crippen LogP contribution in [0.4, 0.5) is 10.1 Å². The number of aliphatic imine (C=N–C) groups is 1. The molecule has 0 saturated carbocycles. The van der Waals surface area contributed by atoms with Gasteiger partial charge >= 0.3 is 0 Å². The molecule has 1 aliphatic rings. The number of hydrogen-bond donors (Lipinski definition) is 1. The highest BCUT2D eigenvalue weighted by molar-refractivity contribution is 6.16. The van der Waals surface area contributed by atoms with Gasteiger partial charge in [0.15, 0.2) is 0 Å². The fourth-order valence-corrected chi connectivity index (χ4v) is 3.52. The predicted molar refractivity (Wildman–Crippen MR) is 113 cm³/mol. The largest absolute Gasteiger partial charge is 0.497 e. The lowest BCUT2D eigenvalue weighted by Crippen LogP contribution is -2.43. The molecule has 2 heterocycles. The van der Waals surface area contributed by atoms with Crippen molar-refractivity contribution in [1.29, 1.82) is 0 Å². The molecular weight excluding hydrogens is 385 g/mol. The molecular formula is C23H22FN3O3. The number of carbonyl (C=O) groups is 1. The Bertz CT molecular complexity index is 1080. The zero-order valence-electron chi connectivity index (χ0n) is 16.8. The summed E-state index contributed by atoms with van der Waals surface area (Å²) in [7, 11) is 3.54. The number of methoxy groups -OCH3 is 1. The third-order valence-electron chi connectivity index (χ3n) is 5.26. The van der Waals surface area contributed by atoms with Crippen LogP contribution < -0.4 is 15.0 Å². The zero-order valence-corrected chi connectivity index (χ0v) is 16.8. The van der Waals surface area contributed by atoms with E-state index in [0.717, 1.165) is 11.3 Å². The van der Waals surface area contributed by atoms with Gasteiger partial charge in [0.25, 0.3) is 5.91 Å². The monoisotopic (exact) mass is 407 g/mol. The topological polar surface area (TPSA) is 67.1 Å². The van der Waals surface area contributed by atoms with E-state index in [1.807, 2.05) is 30.1 Å². The van der Waals surface area contributed by atoms with Crippen molar-refractivity contribution >= 4 is 17.3 Å². The minimum absolute atomic E-state index is 0.129. The van der Waals surface area contributed by atoms with Gasteiger partial charge in [-0.3, -0.25) is 9.79 Å². The van der Waals surface area contributed by atoms with Gasteiger partial charge in [-0.25, -0.2) is 4.39 Å². The number of likely N-dealkylation sites (N-methyl/N-ethyl adjacent to an activating group) is 1. The Kier molecular flexibility index (Phi) is 5.52. The first-order valence-electron chi connectivity index (χ1n) is 9.59. The Morgan fingerprint density at radius 2 is 2.10 bits per heavy atom. The van der Waals surface area contributed by atoms with Crippen LogP contribution in [-0.4, -0.2) is 44.9 Å². The molecule has 1 amide bonds. The number of halogens is 1. The first kappa shape index (κ1) is 19.7. The molecule has 30 heavy (non-hydrogen) atoms. The number of anilines is 1. The normalized spacial score (nSPS) is 15.8. The summed E-state index contributed by atoms with van der Waals surface area (Å²) >= 11 is 0. The molecule has 0 spiro atoms. The van der Waals surface area contributed by atoms with E-state index in [1.54, 1.807) is 31.4 Å². The molecule has 6 nitrogen and oxygen atoms in total. The SMILES string of the molecule is COc1ccc2c(c1)N(C)C(CNC(=O)c1ccoc1)CN=C2c1ccccc1F. The summed E-state index contributed by atoms with van der Waals surface area (Å²) in [5.41, 5.74) is 3.16. The van der Waals surface area contributed by atoms with E-state index in [2.05, 4.69) is 5.32 Å². The van der Waals surface area contributed by atoms with E-state index in [4.69, 9.17) is 14.1 Å². The van der Waals surface area contributed by atoms with Crippen molar-refractivity contribution in [1.82, 2.24) is 5.32 Å². The van der Waals surface area contributed by atoms with Crippen molar-refractivity contribution in [3.8, 4) is 5.75 Å².